The van der Waals surface area contributed by atoms with Gasteiger partial charge in [0.15, 0.2) is 5.96 Å². The number of sulfonamides is 1. The molecule has 1 N–H and O–H groups in total. The van der Waals surface area contributed by atoms with Gasteiger partial charge in [0.2, 0.25) is 10.0 Å². The fourth-order valence-electron chi connectivity index (χ4n) is 2.99. The first kappa shape index (κ1) is 28.8. The van der Waals surface area contributed by atoms with E-state index in [1.807, 2.05) is 20.8 Å². The van der Waals surface area contributed by atoms with Gasteiger partial charge in [-0.05, 0) is 26.2 Å². The predicted molar refractivity (Wildman–Crippen MR) is 130 cm³/mol. The Morgan fingerprint density at radius 2 is 1.76 bits per heavy atom. The minimum Gasteiger partial charge on any atom is -0.379 e. The smallest absolute Gasteiger partial charge is 0.216 e. The lowest BCUT2D eigenvalue weighted by Crippen LogP contribution is -2.54. The van der Waals surface area contributed by atoms with E-state index in [1.54, 1.807) is 11.4 Å². The fraction of sp³-hybridized carbons (Fsp3) is 0.947. The molecule has 174 valence electrons. The van der Waals surface area contributed by atoms with Gasteiger partial charge < -0.3 is 19.7 Å². The summed E-state index contributed by atoms with van der Waals surface area (Å²) >= 11 is 0. The van der Waals surface area contributed by atoms with E-state index in [0.29, 0.717) is 32.7 Å². The standard InChI is InChI=1S/C19H40N4O4S.HI/c1-8-20-18(21-15-17(26-7)19(4,5)6)22-9-11-23(12-10-22)28(24,25)14-13-27-16(2)3;/h16-17H,8-15H2,1-7H3,(H,20,21);1H. The van der Waals surface area contributed by atoms with Gasteiger partial charge in [-0.25, -0.2) is 8.42 Å². The lowest BCUT2D eigenvalue weighted by Gasteiger charge is -2.36. The maximum atomic E-state index is 12.5. The van der Waals surface area contributed by atoms with Gasteiger partial charge in [0.05, 0.1) is 31.1 Å². The highest BCUT2D eigenvalue weighted by molar-refractivity contribution is 14.0. The maximum absolute atomic E-state index is 12.5. The number of guanidine groups is 1. The van der Waals surface area contributed by atoms with E-state index in [0.717, 1.165) is 12.5 Å². The van der Waals surface area contributed by atoms with Crippen molar-refractivity contribution in [3.63, 3.8) is 0 Å². The molecule has 0 aliphatic carbocycles. The van der Waals surface area contributed by atoms with Crippen molar-refractivity contribution in [1.29, 1.82) is 0 Å². The molecule has 0 bridgehead atoms. The van der Waals surface area contributed by atoms with Crippen LogP contribution < -0.4 is 5.32 Å². The zero-order valence-electron chi connectivity index (χ0n) is 19.1. The second-order valence-corrected chi connectivity index (χ2v) is 10.5. The molecule has 29 heavy (non-hydrogen) atoms. The van der Waals surface area contributed by atoms with Gasteiger partial charge in [-0.3, -0.25) is 4.99 Å². The molecular formula is C19H41IN4O4S. The van der Waals surface area contributed by atoms with Crippen LogP contribution in [0.2, 0.25) is 0 Å². The zero-order valence-corrected chi connectivity index (χ0v) is 22.2. The number of nitrogens with one attached hydrogen (secondary N) is 1. The van der Waals surface area contributed by atoms with Crippen molar-refractivity contribution in [3.05, 3.63) is 0 Å². The largest absolute Gasteiger partial charge is 0.379 e. The van der Waals surface area contributed by atoms with Crippen LogP contribution >= 0.6 is 24.0 Å². The third-order valence-corrected chi connectivity index (χ3v) is 6.55. The summed E-state index contributed by atoms with van der Waals surface area (Å²) < 4.78 is 37.5. The summed E-state index contributed by atoms with van der Waals surface area (Å²) in [5.74, 6) is 0.842. The van der Waals surface area contributed by atoms with Gasteiger partial charge in [0, 0.05) is 39.8 Å². The van der Waals surface area contributed by atoms with Gasteiger partial charge in [-0.1, -0.05) is 20.8 Å². The molecule has 0 aromatic carbocycles. The van der Waals surface area contributed by atoms with Gasteiger partial charge in [0.1, 0.15) is 0 Å². The monoisotopic (exact) mass is 548 g/mol. The van der Waals surface area contributed by atoms with Crippen LogP contribution in [0.15, 0.2) is 4.99 Å². The Bertz CT molecular complexity index is 586. The molecule has 10 heteroatoms. The molecule has 1 aliphatic rings. The van der Waals surface area contributed by atoms with Gasteiger partial charge in [-0.15, -0.1) is 24.0 Å². The van der Waals surface area contributed by atoms with E-state index in [4.69, 9.17) is 14.5 Å². The molecule has 0 saturated carbocycles. The number of piperazine rings is 1. The third-order valence-electron chi connectivity index (χ3n) is 4.72. The van der Waals surface area contributed by atoms with E-state index in [9.17, 15) is 8.42 Å². The van der Waals surface area contributed by atoms with Crippen LogP contribution in [0, 0.1) is 5.41 Å². The lowest BCUT2D eigenvalue weighted by atomic mass is 9.89. The molecular weight excluding hydrogens is 507 g/mol. The summed E-state index contributed by atoms with van der Waals surface area (Å²) in [6.45, 7) is 15.9. The molecule has 0 amide bonds. The Balaban J connectivity index is 0.00000784. The summed E-state index contributed by atoms with van der Waals surface area (Å²) in [7, 11) is -1.57. The Labute approximate surface area is 194 Å². The maximum Gasteiger partial charge on any atom is 0.216 e. The molecule has 1 saturated heterocycles. The normalized spacial score (nSPS) is 17.9. The van der Waals surface area contributed by atoms with Crippen molar-refractivity contribution >= 4 is 40.0 Å². The first-order chi connectivity index (χ1) is 13.0. The van der Waals surface area contributed by atoms with Gasteiger partial charge >= 0.3 is 0 Å². The van der Waals surface area contributed by atoms with Crippen molar-refractivity contribution < 1.29 is 17.9 Å². The first-order valence-electron chi connectivity index (χ1n) is 10.2. The number of methoxy groups -OCH3 is 1. The second kappa shape index (κ2) is 13.3. The van der Waals surface area contributed by atoms with Crippen molar-refractivity contribution in [3.8, 4) is 0 Å². The van der Waals surface area contributed by atoms with E-state index < -0.39 is 10.0 Å². The number of halogens is 1. The predicted octanol–water partition coefficient (Wildman–Crippen LogP) is 2.00. The summed E-state index contributed by atoms with van der Waals surface area (Å²) in [4.78, 5) is 6.87. The Hall–Kier alpha value is -0.170. The lowest BCUT2D eigenvalue weighted by molar-refractivity contribution is 0.0239. The van der Waals surface area contributed by atoms with Crippen LogP contribution in [0.3, 0.4) is 0 Å². The SMILES string of the molecule is CCNC(=NCC(OC)C(C)(C)C)N1CCN(S(=O)(=O)CCOC(C)C)CC1.I. The highest BCUT2D eigenvalue weighted by atomic mass is 127. The number of rotatable bonds is 9. The number of hydrogen-bond acceptors (Lipinski definition) is 5. The molecule has 8 nitrogen and oxygen atoms in total. The van der Waals surface area contributed by atoms with Gasteiger partial charge in [-0.2, -0.15) is 4.31 Å². The summed E-state index contributed by atoms with van der Waals surface area (Å²) in [6.07, 6.45) is 0.0544. The molecule has 1 rings (SSSR count). The third kappa shape index (κ3) is 10.1. The van der Waals surface area contributed by atoms with E-state index in [-0.39, 0.29) is 54.0 Å². The average Bonchev–Trinajstić information content (AvgIpc) is 2.60. The molecule has 1 fully saturated rings. The molecule has 0 aromatic heterocycles. The summed E-state index contributed by atoms with van der Waals surface area (Å²) in [5.41, 5.74) is 0.000404. The molecule has 0 radical (unpaired) electrons. The van der Waals surface area contributed by atoms with Crippen molar-refractivity contribution in [2.75, 3.05) is 58.7 Å². The highest BCUT2D eigenvalue weighted by Crippen LogP contribution is 2.22. The number of hydrogen-bond donors (Lipinski definition) is 1. The molecule has 1 aliphatic heterocycles. The quantitative estimate of drug-likeness (QED) is 0.270. The second-order valence-electron chi connectivity index (χ2n) is 8.41. The van der Waals surface area contributed by atoms with Crippen molar-refractivity contribution in [1.82, 2.24) is 14.5 Å². The minimum absolute atomic E-state index is 0. The highest BCUT2D eigenvalue weighted by Gasteiger charge is 2.29. The van der Waals surface area contributed by atoms with Crippen LogP contribution in [0.5, 0.6) is 0 Å². The molecule has 1 heterocycles. The Morgan fingerprint density at radius 3 is 2.21 bits per heavy atom. The topological polar surface area (TPSA) is 83.5 Å². The van der Waals surface area contributed by atoms with Gasteiger partial charge in [0.25, 0.3) is 0 Å². The summed E-state index contributed by atoms with van der Waals surface area (Å²) in [6, 6.07) is 0. The number of nitrogens with zero attached hydrogens (tertiary/aromatic N) is 3. The summed E-state index contributed by atoms with van der Waals surface area (Å²) in [5, 5.41) is 3.32. The number of aliphatic imine (C=N–C) groups is 1. The van der Waals surface area contributed by atoms with Crippen LogP contribution in [0.1, 0.15) is 41.5 Å². The molecule has 0 spiro atoms. The average molecular weight is 549 g/mol. The molecule has 1 unspecified atom stereocenters. The van der Waals surface area contributed by atoms with Crippen LogP contribution in [-0.4, -0.2) is 94.5 Å². The molecule has 1 atom stereocenters. The first-order valence-corrected chi connectivity index (χ1v) is 11.8. The Morgan fingerprint density at radius 1 is 1.17 bits per heavy atom. The zero-order chi connectivity index (χ0) is 21.4. The van der Waals surface area contributed by atoms with Crippen molar-refractivity contribution in [2.45, 2.75) is 53.8 Å². The van der Waals surface area contributed by atoms with E-state index in [1.165, 1.54) is 0 Å². The van der Waals surface area contributed by atoms with E-state index in [2.05, 4.69) is 31.0 Å². The number of ether oxygens (including phenoxy) is 2. The molecule has 0 aromatic rings. The Kier molecular flexibility index (Phi) is 13.2. The minimum atomic E-state index is -3.29. The van der Waals surface area contributed by atoms with Crippen LogP contribution in [-0.2, 0) is 19.5 Å². The van der Waals surface area contributed by atoms with Crippen molar-refractivity contribution in [2.24, 2.45) is 10.4 Å². The fourth-order valence-corrected chi connectivity index (χ4v) is 4.28. The van der Waals surface area contributed by atoms with E-state index >= 15 is 0 Å². The van der Waals surface area contributed by atoms with Crippen LogP contribution in [0.4, 0.5) is 0 Å². The van der Waals surface area contributed by atoms with Crippen LogP contribution in [0.25, 0.3) is 0 Å².